The topological polar surface area (TPSA) is 60.5 Å². The van der Waals surface area contributed by atoms with Crippen molar-refractivity contribution in [1.82, 2.24) is 4.98 Å². The van der Waals surface area contributed by atoms with E-state index in [-0.39, 0.29) is 0 Å². The van der Waals surface area contributed by atoms with Crippen molar-refractivity contribution in [2.75, 3.05) is 19.5 Å². The molecule has 2 heterocycles. The highest BCUT2D eigenvalue weighted by atomic mass is 32.1. The minimum atomic E-state index is -0.511. The summed E-state index contributed by atoms with van der Waals surface area (Å²) in [5, 5.41) is 6.18. The van der Waals surface area contributed by atoms with Crippen molar-refractivity contribution < 1.29 is 14.3 Å². The molecule has 0 radical (unpaired) electrons. The van der Waals surface area contributed by atoms with E-state index >= 15 is 0 Å². The van der Waals surface area contributed by atoms with Gasteiger partial charge < -0.3 is 9.47 Å². The largest absolute Gasteiger partial charge is 0.497 e. The highest BCUT2D eigenvalue weighted by Gasteiger charge is 2.17. The van der Waals surface area contributed by atoms with Gasteiger partial charge in [-0.25, -0.2) is 9.78 Å². The van der Waals surface area contributed by atoms with Crippen LogP contribution in [0.5, 0.6) is 5.75 Å². The van der Waals surface area contributed by atoms with Crippen LogP contribution in [0.1, 0.15) is 0 Å². The molecule has 23 heavy (non-hydrogen) atoms. The molecule has 0 aliphatic rings. The number of thiophene rings is 1. The summed E-state index contributed by atoms with van der Waals surface area (Å²) in [5.74, 6) is 0.762. The minimum absolute atomic E-state index is 0.511. The summed E-state index contributed by atoms with van der Waals surface area (Å²) in [6, 6.07) is 11.6. The van der Waals surface area contributed by atoms with Crippen molar-refractivity contribution in [3.63, 3.8) is 0 Å². The van der Waals surface area contributed by atoms with Crippen molar-refractivity contribution in [2.24, 2.45) is 0 Å². The predicted octanol–water partition coefficient (Wildman–Crippen LogP) is 4.73. The van der Waals surface area contributed by atoms with Gasteiger partial charge in [0.2, 0.25) is 0 Å². The van der Waals surface area contributed by atoms with Gasteiger partial charge in [-0.05, 0) is 23.6 Å². The molecule has 1 N–H and O–H groups in total. The number of aromatic nitrogens is 1. The Kier molecular flexibility index (Phi) is 4.59. The Labute approximate surface area is 141 Å². The number of carbonyl (C=O) groups excluding carboxylic acids is 1. The van der Waals surface area contributed by atoms with Gasteiger partial charge in [-0.1, -0.05) is 29.5 Å². The molecule has 0 saturated carbocycles. The molecule has 5 nitrogen and oxygen atoms in total. The molecule has 0 fully saturated rings. The molecule has 1 aromatic carbocycles. The van der Waals surface area contributed by atoms with Crippen LogP contribution in [-0.4, -0.2) is 25.3 Å². The molecular weight excluding hydrogens is 332 g/mol. The number of thiazole rings is 1. The Balaban J connectivity index is 2.05. The van der Waals surface area contributed by atoms with Gasteiger partial charge in [0.1, 0.15) is 21.5 Å². The first-order valence-corrected chi connectivity index (χ1v) is 8.45. The maximum Gasteiger partial charge on any atom is 0.412 e. The lowest BCUT2D eigenvalue weighted by Crippen LogP contribution is -2.10. The van der Waals surface area contributed by atoms with Crippen molar-refractivity contribution in [2.45, 2.75) is 0 Å². The van der Waals surface area contributed by atoms with Crippen molar-refractivity contribution in [3.05, 3.63) is 41.8 Å². The number of methoxy groups -OCH3 is 2. The Morgan fingerprint density at radius 1 is 1.22 bits per heavy atom. The summed E-state index contributed by atoms with van der Waals surface area (Å²) < 4.78 is 9.95. The van der Waals surface area contributed by atoms with E-state index in [1.54, 1.807) is 18.4 Å². The molecule has 118 valence electrons. The van der Waals surface area contributed by atoms with Crippen LogP contribution in [0.25, 0.3) is 21.1 Å². The Morgan fingerprint density at radius 2 is 2.09 bits per heavy atom. The zero-order chi connectivity index (χ0) is 16.2. The van der Waals surface area contributed by atoms with E-state index < -0.39 is 6.09 Å². The number of anilines is 1. The lowest BCUT2D eigenvalue weighted by molar-refractivity contribution is 0.187. The fourth-order valence-corrected chi connectivity index (χ4v) is 3.76. The number of rotatable bonds is 4. The first-order chi connectivity index (χ1) is 11.2. The smallest absolute Gasteiger partial charge is 0.412 e. The fraction of sp³-hybridized carbons (Fsp3) is 0.125. The number of amides is 1. The van der Waals surface area contributed by atoms with Gasteiger partial charge in [-0.3, -0.25) is 5.32 Å². The van der Waals surface area contributed by atoms with Crippen LogP contribution in [0.3, 0.4) is 0 Å². The van der Waals surface area contributed by atoms with Crippen LogP contribution in [0, 0.1) is 0 Å². The molecule has 3 aromatic rings. The second kappa shape index (κ2) is 6.80. The fourth-order valence-electron chi connectivity index (χ4n) is 2.01. The maximum absolute atomic E-state index is 11.6. The quantitative estimate of drug-likeness (QED) is 0.742. The SMILES string of the molecule is COC(=O)Nc1sc(-c2cccc(OC)c2)nc1-c1cccs1. The number of carbonyl (C=O) groups is 1. The third-order valence-corrected chi connectivity index (χ3v) is 5.00. The molecule has 0 bridgehead atoms. The Bertz CT molecular complexity index is 813. The lowest BCUT2D eigenvalue weighted by Gasteiger charge is -2.01. The van der Waals surface area contributed by atoms with Crippen LogP contribution < -0.4 is 10.1 Å². The molecule has 0 spiro atoms. The molecule has 1 amide bonds. The van der Waals surface area contributed by atoms with Gasteiger partial charge in [0.05, 0.1) is 19.1 Å². The van der Waals surface area contributed by atoms with E-state index in [2.05, 4.69) is 10.3 Å². The standard InChI is InChI=1S/C16H14N2O3S2/c1-20-11-6-3-5-10(9-11)14-17-13(12-7-4-8-22-12)15(23-14)18-16(19)21-2/h3-9H,1-2H3,(H,18,19). The summed E-state index contributed by atoms with van der Waals surface area (Å²) in [5.41, 5.74) is 1.68. The number of hydrogen-bond donors (Lipinski definition) is 1. The van der Waals surface area contributed by atoms with Crippen molar-refractivity contribution in [3.8, 4) is 26.9 Å². The van der Waals surface area contributed by atoms with Gasteiger partial charge in [0.15, 0.2) is 0 Å². The average molecular weight is 346 g/mol. The second-order valence-electron chi connectivity index (χ2n) is 4.52. The van der Waals surface area contributed by atoms with Crippen molar-refractivity contribution >= 4 is 33.8 Å². The normalized spacial score (nSPS) is 10.3. The van der Waals surface area contributed by atoms with E-state index in [1.807, 2.05) is 41.8 Å². The van der Waals surface area contributed by atoms with E-state index in [0.717, 1.165) is 26.9 Å². The average Bonchev–Trinajstić information content (AvgIpc) is 3.24. The summed E-state index contributed by atoms with van der Waals surface area (Å²) in [6.07, 6.45) is -0.511. The third-order valence-electron chi connectivity index (χ3n) is 3.10. The summed E-state index contributed by atoms with van der Waals surface area (Å²) in [4.78, 5) is 17.3. The zero-order valence-corrected chi connectivity index (χ0v) is 14.2. The van der Waals surface area contributed by atoms with E-state index in [4.69, 9.17) is 9.47 Å². The highest BCUT2D eigenvalue weighted by molar-refractivity contribution is 7.20. The van der Waals surface area contributed by atoms with Gasteiger partial charge in [0, 0.05) is 5.56 Å². The lowest BCUT2D eigenvalue weighted by atomic mass is 10.2. The third kappa shape index (κ3) is 3.35. The molecular formula is C16H14N2O3S2. The first-order valence-electron chi connectivity index (χ1n) is 6.75. The van der Waals surface area contributed by atoms with Crippen LogP contribution in [-0.2, 0) is 4.74 Å². The monoisotopic (exact) mass is 346 g/mol. The molecule has 2 aromatic heterocycles. The number of hydrogen-bond acceptors (Lipinski definition) is 6. The van der Waals surface area contributed by atoms with E-state index in [9.17, 15) is 4.79 Å². The van der Waals surface area contributed by atoms with Crippen LogP contribution in [0.2, 0.25) is 0 Å². The van der Waals surface area contributed by atoms with Gasteiger partial charge in [0.25, 0.3) is 0 Å². The number of ether oxygens (including phenoxy) is 2. The second-order valence-corrected chi connectivity index (χ2v) is 6.47. The van der Waals surface area contributed by atoms with Crippen LogP contribution in [0.15, 0.2) is 41.8 Å². The molecule has 0 aliphatic carbocycles. The minimum Gasteiger partial charge on any atom is -0.497 e. The molecule has 3 rings (SSSR count). The molecule has 0 unspecified atom stereocenters. The van der Waals surface area contributed by atoms with E-state index in [1.165, 1.54) is 18.4 Å². The Hall–Kier alpha value is -2.38. The molecule has 0 saturated heterocycles. The molecule has 0 atom stereocenters. The molecule has 7 heteroatoms. The number of benzene rings is 1. The first kappa shape index (κ1) is 15.5. The van der Waals surface area contributed by atoms with Gasteiger partial charge in [-0.15, -0.1) is 11.3 Å². The molecule has 0 aliphatic heterocycles. The van der Waals surface area contributed by atoms with E-state index in [0.29, 0.717) is 5.00 Å². The van der Waals surface area contributed by atoms with Gasteiger partial charge in [-0.2, -0.15) is 0 Å². The van der Waals surface area contributed by atoms with Gasteiger partial charge >= 0.3 is 6.09 Å². The predicted molar refractivity (Wildman–Crippen MR) is 93.4 cm³/mol. The highest BCUT2D eigenvalue weighted by Crippen LogP contribution is 2.40. The zero-order valence-electron chi connectivity index (χ0n) is 12.5. The number of nitrogens with one attached hydrogen (secondary N) is 1. The summed E-state index contributed by atoms with van der Waals surface area (Å²) >= 11 is 2.97. The van der Waals surface area contributed by atoms with Crippen LogP contribution >= 0.6 is 22.7 Å². The van der Waals surface area contributed by atoms with Crippen LogP contribution in [0.4, 0.5) is 9.80 Å². The summed E-state index contributed by atoms with van der Waals surface area (Å²) in [7, 11) is 2.96. The maximum atomic E-state index is 11.6. The number of nitrogens with zero attached hydrogens (tertiary/aromatic N) is 1. The van der Waals surface area contributed by atoms with Crippen molar-refractivity contribution in [1.29, 1.82) is 0 Å². The Morgan fingerprint density at radius 3 is 2.78 bits per heavy atom. The summed E-state index contributed by atoms with van der Waals surface area (Å²) in [6.45, 7) is 0.